The molecule has 0 unspecified atom stereocenters. The lowest BCUT2D eigenvalue weighted by Crippen LogP contribution is -2.30. The number of benzene rings is 1. The number of phenolic OH excluding ortho intramolecular Hbond substituents is 1. The van der Waals surface area contributed by atoms with Gasteiger partial charge in [-0.2, -0.15) is 5.26 Å². The van der Waals surface area contributed by atoms with E-state index in [0.29, 0.717) is 5.56 Å². The average Bonchev–Trinajstić information content (AvgIpc) is 2.29. The van der Waals surface area contributed by atoms with E-state index in [-0.39, 0.29) is 22.4 Å². The second-order valence-electron chi connectivity index (χ2n) is 4.01. The Labute approximate surface area is 110 Å². The van der Waals surface area contributed by atoms with Crippen LogP contribution in [0.5, 0.6) is 5.75 Å². The highest BCUT2D eigenvalue weighted by Gasteiger charge is 2.10. The molecule has 0 spiro atoms. The highest BCUT2D eigenvalue weighted by Crippen LogP contribution is 2.24. The second kappa shape index (κ2) is 6.08. The van der Waals surface area contributed by atoms with Crippen molar-refractivity contribution in [2.24, 2.45) is 0 Å². The van der Waals surface area contributed by atoms with Gasteiger partial charge < -0.3 is 10.4 Å². The molecule has 1 aromatic rings. The molecule has 18 heavy (non-hydrogen) atoms. The van der Waals surface area contributed by atoms with Gasteiger partial charge in [0.25, 0.3) is 5.91 Å². The fraction of sp³-hybridized carbons (Fsp3) is 0.231. The number of nitrogens with one attached hydrogen (secondary N) is 1. The Balaban J connectivity index is 3.01. The van der Waals surface area contributed by atoms with E-state index in [4.69, 9.17) is 16.9 Å². The summed E-state index contributed by atoms with van der Waals surface area (Å²) in [5, 5.41) is 21.0. The minimum atomic E-state index is -0.434. The van der Waals surface area contributed by atoms with E-state index in [1.807, 2.05) is 19.9 Å². The summed E-state index contributed by atoms with van der Waals surface area (Å²) < 4.78 is 0. The lowest BCUT2D eigenvalue weighted by atomic mass is 10.1. The first-order valence-corrected chi connectivity index (χ1v) is 5.73. The van der Waals surface area contributed by atoms with Gasteiger partial charge in [0.15, 0.2) is 0 Å². The van der Waals surface area contributed by atoms with Crippen molar-refractivity contribution >= 4 is 23.6 Å². The maximum Gasteiger partial charge on any atom is 0.262 e. The third kappa shape index (κ3) is 3.79. The SMILES string of the molecule is CC(C)NC(=O)/C(C#N)=C/c1ccc(O)c(Cl)c1. The standard InChI is InChI=1S/C13H13ClN2O2/c1-8(2)16-13(18)10(7-15)5-9-3-4-12(17)11(14)6-9/h3-6,8,17H,1-2H3,(H,16,18)/b10-5+. The molecule has 0 atom stereocenters. The molecule has 0 fully saturated rings. The second-order valence-corrected chi connectivity index (χ2v) is 4.42. The van der Waals surface area contributed by atoms with E-state index in [9.17, 15) is 9.90 Å². The summed E-state index contributed by atoms with van der Waals surface area (Å²) in [7, 11) is 0. The van der Waals surface area contributed by atoms with Gasteiger partial charge in [0, 0.05) is 6.04 Å². The molecule has 0 heterocycles. The van der Waals surface area contributed by atoms with Crippen LogP contribution in [0, 0.1) is 11.3 Å². The lowest BCUT2D eigenvalue weighted by molar-refractivity contribution is -0.117. The molecular weight excluding hydrogens is 252 g/mol. The Bertz CT molecular complexity index is 530. The summed E-state index contributed by atoms with van der Waals surface area (Å²) in [5.74, 6) is -0.476. The van der Waals surface area contributed by atoms with Crippen molar-refractivity contribution in [3.05, 3.63) is 34.4 Å². The molecule has 0 saturated carbocycles. The smallest absolute Gasteiger partial charge is 0.262 e. The van der Waals surface area contributed by atoms with Crippen molar-refractivity contribution in [2.75, 3.05) is 0 Å². The number of aromatic hydroxyl groups is 1. The molecule has 0 bridgehead atoms. The molecule has 0 aliphatic heterocycles. The van der Waals surface area contributed by atoms with E-state index in [0.717, 1.165) is 0 Å². The number of carbonyl (C=O) groups is 1. The fourth-order valence-electron chi connectivity index (χ4n) is 1.27. The van der Waals surface area contributed by atoms with Gasteiger partial charge in [0.1, 0.15) is 17.4 Å². The van der Waals surface area contributed by atoms with Crippen LogP contribution in [0.2, 0.25) is 5.02 Å². The summed E-state index contributed by atoms with van der Waals surface area (Å²) in [6.07, 6.45) is 1.42. The topological polar surface area (TPSA) is 73.1 Å². The first-order chi connectivity index (χ1) is 8.43. The molecule has 1 aromatic carbocycles. The third-order valence-electron chi connectivity index (χ3n) is 2.07. The van der Waals surface area contributed by atoms with Gasteiger partial charge in [0.05, 0.1) is 5.02 Å². The zero-order chi connectivity index (χ0) is 13.7. The van der Waals surface area contributed by atoms with Gasteiger partial charge in [-0.15, -0.1) is 0 Å². The van der Waals surface area contributed by atoms with Crippen LogP contribution in [0.15, 0.2) is 23.8 Å². The maximum absolute atomic E-state index is 11.7. The molecule has 0 aliphatic carbocycles. The van der Waals surface area contributed by atoms with Crippen molar-refractivity contribution in [2.45, 2.75) is 19.9 Å². The number of carbonyl (C=O) groups excluding carboxylic acids is 1. The Morgan fingerprint density at radius 2 is 2.22 bits per heavy atom. The van der Waals surface area contributed by atoms with E-state index in [2.05, 4.69) is 5.32 Å². The van der Waals surface area contributed by atoms with E-state index >= 15 is 0 Å². The van der Waals surface area contributed by atoms with Crippen LogP contribution in [0.3, 0.4) is 0 Å². The Kier molecular flexibility index (Phi) is 4.75. The van der Waals surface area contributed by atoms with Crippen LogP contribution in [-0.2, 0) is 4.79 Å². The molecule has 1 rings (SSSR count). The first kappa shape index (κ1) is 14.1. The van der Waals surface area contributed by atoms with Crippen molar-refractivity contribution in [3.63, 3.8) is 0 Å². The monoisotopic (exact) mass is 264 g/mol. The summed E-state index contributed by atoms with van der Waals surface area (Å²) in [6, 6.07) is 6.25. The molecule has 0 saturated heterocycles. The van der Waals surface area contributed by atoms with Crippen molar-refractivity contribution < 1.29 is 9.90 Å². The normalized spacial score (nSPS) is 11.2. The summed E-state index contributed by atoms with van der Waals surface area (Å²) >= 11 is 5.74. The molecule has 0 aliphatic rings. The van der Waals surface area contributed by atoms with Crippen LogP contribution >= 0.6 is 11.6 Å². The molecule has 94 valence electrons. The molecule has 4 nitrogen and oxygen atoms in total. The number of nitrogens with zero attached hydrogens (tertiary/aromatic N) is 1. The van der Waals surface area contributed by atoms with Gasteiger partial charge in [0.2, 0.25) is 0 Å². The molecule has 2 N–H and O–H groups in total. The lowest BCUT2D eigenvalue weighted by Gasteiger charge is -2.07. The number of rotatable bonds is 3. The number of phenols is 1. The van der Waals surface area contributed by atoms with Crippen LogP contribution < -0.4 is 5.32 Å². The number of hydrogen-bond donors (Lipinski definition) is 2. The van der Waals surface area contributed by atoms with E-state index < -0.39 is 5.91 Å². The van der Waals surface area contributed by atoms with Crippen LogP contribution in [0.25, 0.3) is 6.08 Å². The van der Waals surface area contributed by atoms with Gasteiger partial charge in [-0.3, -0.25) is 4.79 Å². The third-order valence-corrected chi connectivity index (χ3v) is 2.37. The van der Waals surface area contributed by atoms with Gasteiger partial charge in [-0.1, -0.05) is 17.7 Å². The van der Waals surface area contributed by atoms with Gasteiger partial charge >= 0.3 is 0 Å². The number of hydrogen-bond acceptors (Lipinski definition) is 3. The molecule has 1 amide bonds. The van der Waals surface area contributed by atoms with Crippen molar-refractivity contribution in [3.8, 4) is 11.8 Å². The predicted octanol–water partition coefficient (Wildman–Crippen LogP) is 2.48. The van der Waals surface area contributed by atoms with Gasteiger partial charge in [-0.25, -0.2) is 0 Å². The molecular formula is C13H13ClN2O2. The Morgan fingerprint density at radius 1 is 1.56 bits per heavy atom. The molecule has 0 aromatic heterocycles. The van der Waals surface area contributed by atoms with E-state index in [1.165, 1.54) is 18.2 Å². The predicted molar refractivity (Wildman–Crippen MR) is 70.0 cm³/mol. The minimum Gasteiger partial charge on any atom is -0.506 e. The van der Waals surface area contributed by atoms with Crippen molar-refractivity contribution in [1.29, 1.82) is 5.26 Å². The largest absolute Gasteiger partial charge is 0.506 e. The van der Waals surface area contributed by atoms with E-state index in [1.54, 1.807) is 6.07 Å². The van der Waals surface area contributed by atoms with Crippen LogP contribution in [-0.4, -0.2) is 17.1 Å². The summed E-state index contributed by atoms with van der Waals surface area (Å²) in [4.78, 5) is 11.7. The Morgan fingerprint density at radius 3 is 2.72 bits per heavy atom. The minimum absolute atomic E-state index is 0.00884. The molecule has 0 radical (unpaired) electrons. The van der Waals surface area contributed by atoms with Crippen molar-refractivity contribution in [1.82, 2.24) is 5.32 Å². The molecule has 5 heteroatoms. The van der Waals surface area contributed by atoms with Gasteiger partial charge in [-0.05, 0) is 37.6 Å². The van der Waals surface area contributed by atoms with Crippen LogP contribution in [0.4, 0.5) is 0 Å². The average molecular weight is 265 g/mol. The highest BCUT2D eigenvalue weighted by atomic mass is 35.5. The number of halogens is 1. The number of nitriles is 1. The zero-order valence-corrected chi connectivity index (χ0v) is 10.8. The Hall–Kier alpha value is -1.99. The number of amides is 1. The first-order valence-electron chi connectivity index (χ1n) is 5.35. The summed E-state index contributed by atoms with van der Waals surface area (Å²) in [5.41, 5.74) is 0.568. The quantitative estimate of drug-likeness (QED) is 0.651. The zero-order valence-electron chi connectivity index (χ0n) is 10.1. The highest BCUT2D eigenvalue weighted by molar-refractivity contribution is 6.32. The maximum atomic E-state index is 11.7. The summed E-state index contributed by atoms with van der Waals surface area (Å²) in [6.45, 7) is 3.62. The fourth-order valence-corrected chi connectivity index (χ4v) is 1.46. The van der Waals surface area contributed by atoms with Crippen LogP contribution in [0.1, 0.15) is 19.4 Å².